The van der Waals surface area contributed by atoms with Gasteiger partial charge in [0, 0.05) is 72.7 Å². The third-order valence-corrected chi connectivity index (χ3v) is 11.0. The molecule has 0 amide bonds. The molecule has 0 aliphatic carbocycles. The lowest BCUT2D eigenvalue weighted by Gasteiger charge is -2.40. The van der Waals surface area contributed by atoms with Gasteiger partial charge in [-0.15, -0.1) is 11.3 Å². The van der Waals surface area contributed by atoms with Crippen LogP contribution in [0.3, 0.4) is 0 Å². The van der Waals surface area contributed by atoms with E-state index in [4.69, 9.17) is 11.6 Å². The van der Waals surface area contributed by atoms with Crippen LogP contribution in [0.15, 0.2) is 59.1 Å². The number of carbonyl (C=O) groups is 1. The fourth-order valence-electron chi connectivity index (χ4n) is 7.02. The largest absolute Gasteiger partial charge is 0.478 e. The predicted octanol–water partition coefficient (Wildman–Crippen LogP) is 6.29. The summed E-state index contributed by atoms with van der Waals surface area (Å²) >= 11 is 7.66. The topological polar surface area (TPSA) is 146 Å². The number of aryl methyl sites for hydroxylation is 2. The molecule has 1 saturated heterocycles. The molecule has 7 rings (SSSR count). The molecular formula is C38H32ClF2N9O3S. The maximum Gasteiger partial charge on any atom is 0.338 e. The van der Waals surface area contributed by atoms with Gasteiger partial charge < -0.3 is 10.0 Å². The van der Waals surface area contributed by atoms with Crippen molar-refractivity contribution in [1.82, 2.24) is 34.2 Å². The standard InChI is InChI=1S/C38H32ClF2N9O3S/c1-21-45-30-19-44-36(48(3)24-9-15-49(16-10-24)33(35(40)41)29-11-14-47(2)46-29)27(18-42)31(30)37(51)50(21)13-4-5-22-6-7-23(39)17-26(22)25-8-12-43-32-28(38(52)53)20-54-34(25)32/h6-8,11-12,14,17,19-20,24,33,35H,9-10,13,15-16H2,1-3H3,(H,52,53). The molecule has 0 saturated carbocycles. The molecule has 6 heterocycles. The van der Waals surface area contributed by atoms with Crippen LogP contribution in [0.2, 0.25) is 5.02 Å². The number of fused-ring (bicyclic) bond motifs is 2. The van der Waals surface area contributed by atoms with E-state index in [1.165, 1.54) is 26.8 Å². The summed E-state index contributed by atoms with van der Waals surface area (Å²) in [5.74, 6) is 5.85. The Morgan fingerprint density at radius 3 is 2.65 bits per heavy atom. The molecule has 274 valence electrons. The molecule has 1 aliphatic heterocycles. The molecule has 1 N–H and O–H groups in total. The molecule has 5 aromatic heterocycles. The molecule has 54 heavy (non-hydrogen) atoms. The molecule has 1 unspecified atom stereocenters. The maximum absolute atomic E-state index is 14.2. The highest BCUT2D eigenvalue weighted by Gasteiger charge is 2.35. The number of carboxylic acids is 1. The summed E-state index contributed by atoms with van der Waals surface area (Å²) in [6.45, 7) is 2.42. The minimum absolute atomic E-state index is 0.0397. The highest BCUT2D eigenvalue weighted by Crippen LogP contribution is 2.37. The van der Waals surface area contributed by atoms with Crippen molar-refractivity contribution in [2.75, 3.05) is 25.0 Å². The average molecular weight is 768 g/mol. The number of piperidine rings is 1. The third-order valence-electron chi connectivity index (χ3n) is 9.75. The molecule has 0 radical (unpaired) electrons. The fraction of sp³-hybridized carbons (Fsp3) is 0.289. The zero-order chi connectivity index (χ0) is 38.3. The van der Waals surface area contributed by atoms with Crippen molar-refractivity contribution in [3.05, 3.63) is 97.9 Å². The summed E-state index contributed by atoms with van der Waals surface area (Å²) in [5.41, 5.74) is 2.71. The van der Waals surface area contributed by atoms with Gasteiger partial charge in [-0.25, -0.2) is 23.5 Å². The smallest absolute Gasteiger partial charge is 0.338 e. The number of carboxylic acid groups (broad SMARTS) is 1. The summed E-state index contributed by atoms with van der Waals surface area (Å²) in [5, 5.41) is 26.3. The number of nitriles is 1. The average Bonchev–Trinajstić information content (AvgIpc) is 3.79. The van der Waals surface area contributed by atoms with E-state index in [-0.39, 0.29) is 34.6 Å². The van der Waals surface area contributed by atoms with Crippen LogP contribution in [0.4, 0.5) is 14.6 Å². The third kappa shape index (κ3) is 6.78. The van der Waals surface area contributed by atoms with Gasteiger partial charge >= 0.3 is 5.97 Å². The van der Waals surface area contributed by atoms with Crippen LogP contribution in [0, 0.1) is 30.1 Å². The Labute approximate surface area is 316 Å². The van der Waals surface area contributed by atoms with E-state index in [1.807, 2.05) is 4.90 Å². The summed E-state index contributed by atoms with van der Waals surface area (Å²) in [7, 11) is 3.49. The van der Waals surface area contributed by atoms with Crippen molar-refractivity contribution in [3.63, 3.8) is 0 Å². The zero-order valence-corrected chi connectivity index (χ0v) is 30.9. The molecule has 1 fully saturated rings. The van der Waals surface area contributed by atoms with E-state index >= 15 is 0 Å². The Bertz CT molecular complexity index is 2600. The van der Waals surface area contributed by atoms with Gasteiger partial charge in [0.2, 0.25) is 0 Å². The van der Waals surface area contributed by atoms with E-state index in [0.29, 0.717) is 69.6 Å². The first-order valence-electron chi connectivity index (χ1n) is 16.9. The number of alkyl halides is 2. The molecule has 1 aromatic carbocycles. The van der Waals surface area contributed by atoms with Crippen molar-refractivity contribution < 1.29 is 18.7 Å². The zero-order valence-electron chi connectivity index (χ0n) is 29.3. The monoisotopic (exact) mass is 767 g/mol. The fourth-order valence-corrected chi connectivity index (χ4v) is 8.22. The Morgan fingerprint density at radius 1 is 1.19 bits per heavy atom. The number of pyridine rings is 2. The van der Waals surface area contributed by atoms with Gasteiger partial charge in [-0.3, -0.25) is 23.9 Å². The molecule has 1 atom stereocenters. The Balaban J connectivity index is 1.17. The first-order chi connectivity index (χ1) is 26.0. The predicted molar refractivity (Wildman–Crippen MR) is 202 cm³/mol. The second kappa shape index (κ2) is 14.9. The van der Waals surface area contributed by atoms with E-state index in [2.05, 4.69) is 38.0 Å². The van der Waals surface area contributed by atoms with Gasteiger partial charge in [-0.2, -0.15) is 10.4 Å². The van der Waals surface area contributed by atoms with Gasteiger partial charge in [0.25, 0.3) is 12.0 Å². The first kappa shape index (κ1) is 36.6. The molecule has 1 aliphatic rings. The lowest BCUT2D eigenvalue weighted by molar-refractivity contribution is 0.00983. The number of benzene rings is 1. The number of likely N-dealkylation sites (tertiary alicyclic amines) is 1. The van der Waals surface area contributed by atoms with E-state index in [1.54, 1.807) is 74.0 Å². The Morgan fingerprint density at radius 2 is 1.96 bits per heavy atom. The minimum atomic E-state index is -2.61. The Kier molecular flexibility index (Phi) is 10.1. The summed E-state index contributed by atoms with van der Waals surface area (Å²) in [6, 6.07) is 9.54. The number of hydrogen-bond acceptors (Lipinski definition) is 10. The van der Waals surface area contributed by atoms with Crippen LogP contribution in [0.25, 0.3) is 32.2 Å². The van der Waals surface area contributed by atoms with Crippen molar-refractivity contribution in [3.8, 4) is 29.0 Å². The van der Waals surface area contributed by atoms with Crippen LogP contribution >= 0.6 is 22.9 Å². The molecule has 0 bridgehead atoms. The van der Waals surface area contributed by atoms with Gasteiger partial charge in [0.1, 0.15) is 29.3 Å². The lowest BCUT2D eigenvalue weighted by atomic mass is 10.00. The summed E-state index contributed by atoms with van der Waals surface area (Å²) < 4.78 is 31.9. The number of anilines is 1. The number of thiophene rings is 1. The lowest BCUT2D eigenvalue weighted by Crippen LogP contribution is -2.46. The van der Waals surface area contributed by atoms with Crippen LogP contribution in [0.5, 0.6) is 0 Å². The second-order valence-electron chi connectivity index (χ2n) is 12.9. The summed E-state index contributed by atoms with van der Waals surface area (Å²) in [6.07, 6.45) is 3.14. The number of aromatic carboxylic acids is 1. The quantitative estimate of drug-likeness (QED) is 0.175. The van der Waals surface area contributed by atoms with Gasteiger partial charge in [-0.05, 0) is 50.1 Å². The number of halogens is 3. The van der Waals surface area contributed by atoms with Gasteiger partial charge in [0.05, 0.1) is 45.1 Å². The normalized spacial score (nSPS) is 14.3. The van der Waals surface area contributed by atoms with Crippen molar-refractivity contribution >= 4 is 55.8 Å². The van der Waals surface area contributed by atoms with Crippen LogP contribution in [-0.2, 0) is 13.6 Å². The molecule has 6 aromatic rings. The minimum Gasteiger partial charge on any atom is -0.478 e. The number of hydrogen-bond donors (Lipinski definition) is 1. The number of aromatic nitrogens is 6. The van der Waals surface area contributed by atoms with E-state index < -0.39 is 24.0 Å². The highest BCUT2D eigenvalue weighted by molar-refractivity contribution is 7.18. The van der Waals surface area contributed by atoms with Crippen LogP contribution in [0.1, 0.15) is 51.9 Å². The van der Waals surface area contributed by atoms with Crippen molar-refractivity contribution in [2.45, 2.75) is 44.8 Å². The first-order valence-corrected chi connectivity index (χ1v) is 18.2. The second-order valence-corrected chi connectivity index (χ2v) is 14.2. The number of rotatable bonds is 8. The molecule has 0 spiro atoms. The van der Waals surface area contributed by atoms with E-state index in [9.17, 15) is 28.7 Å². The molecule has 12 nitrogen and oxygen atoms in total. The molecule has 16 heteroatoms. The highest BCUT2D eigenvalue weighted by atomic mass is 35.5. The Hall–Kier alpha value is -5.74. The maximum atomic E-state index is 14.2. The van der Waals surface area contributed by atoms with E-state index in [0.717, 1.165) is 5.56 Å². The summed E-state index contributed by atoms with van der Waals surface area (Å²) in [4.78, 5) is 42.9. The van der Waals surface area contributed by atoms with Crippen LogP contribution in [-0.4, -0.2) is 77.9 Å². The number of nitrogens with zero attached hydrogens (tertiary/aromatic N) is 9. The van der Waals surface area contributed by atoms with Gasteiger partial charge in [-0.1, -0.05) is 23.4 Å². The van der Waals surface area contributed by atoms with Crippen molar-refractivity contribution in [2.24, 2.45) is 7.05 Å². The van der Waals surface area contributed by atoms with Crippen molar-refractivity contribution in [1.29, 1.82) is 5.26 Å². The van der Waals surface area contributed by atoms with Crippen LogP contribution < -0.4 is 10.5 Å². The molecular weight excluding hydrogens is 736 g/mol. The van der Waals surface area contributed by atoms with Gasteiger partial charge in [0.15, 0.2) is 0 Å². The SMILES string of the molecule is Cc1nc2cnc(N(C)C3CCN(C(c4ccn(C)n4)C(F)F)CC3)c(C#N)c2c(=O)n1CC#Cc1ccc(Cl)cc1-c1ccnc2c(C(=O)O)csc12.